The third kappa shape index (κ3) is 3.46. The molecule has 0 aromatic carbocycles. The highest BCUT2D eigenvalue weighted by atomic mass is 35.5. The van der Waals surface area contributed by atoms with E-state index in [0.29, 0.717) is 24.5 Å². The molecule has 6 heteroatoms. The van der Waals surface area contributed by atoms with Crippen LogP contribution in [0.3, 0.4) is 0 Å². The van der Waals surface area contributed by atoms with Crippen LogP contribution in [0.2, 0.25) is 5.02 Å². The van der Waals surface area contributed by atoms with E-state index in [1.165, 1.54) is 0 Å². The summed E-state index contributed by atoms with van der Waals surface area (Å²) in [5, 5.41) is 17.0. The van der Waals surface area contributed by atoms with Crippen molar-refractivity contribution in [1.29, 1.82) is 0 Å². The number of hydrogen-bond donors (Lipinski definition) is 2. The van der Waals surface area contributed by atoms with Crippen molar-refractivity contribution in [1.82, 2.24) is 15.1 Å². The summed E-state index contributed by atoms with van der Waals surface area (Å²) in [6.45, 7) is 6.82. The first-order chi connectivity index (χ1) is 8.40. The quantitative estimate of drug-likeness (QED) is 0.798. The molecule has 1 aromatic heterocycles. The highest BCUT2D eigenvalue weighted by Crippen LogP contribution is 2.17. The maximum atomic E-state index is 11.2. The molecule has 5 nitrogen and oxygen atoms in total. The summed E-state index contributed by atoms with van der Waals surface area (Å²) < 4.78 is 1.80. The van der Waals surface area contributed by atoms with Gasteiger partial charge in [-0.25, -0.2) is 0 Å². The van der Waals surface area contributed by atoms with E-state index in [0.717, 1.165) is 12.1 Å². The normalized spacial score (nSPS) is 14.4. The fourth-order valence-electron chi connectivity index (χ4n) is 1.89. The van der Waals surface area contributed by atoms with Crippen LogP contribution in [0, 0.1) is 6.92 Å². The lowest BCUT2D eigenvalue weighted by Gasteiger charge is -2.25. The number of carboxylic acid groups (broad SMARTS) is 1. The average Bonchev–Trinajstić information content (AvgIpc) is 2.61. The van der Waals surface area contributed by atoms with Gasteiger partial charge in [0.25, 0.3) is 0 Å². The minimum atomic E-state index is -0.875. The van der Waals surface area contributed by atoms with Crippen molar-refractivity contribution in [2.75, 3.05) is 6.54 Å². The van der Waals surface area contributed by atoms with Gasteiger partial charge in [0, 0.05) is 6.54 Å². The number of nitrogens with zero attached hydrogens (tertiary/aromatic N) is 2. The Bertz CT molecular complexity index is 419. The number of rotatable bonds is 7. The van der Waals surface area contributed by atoms with Gasteiger partial charge in [-0.15, -0.1) is 0 Å². The van der Waals surface area contributed by atoms with Gasteiger partial charge in [-0.05, 0) is 33.2 Å². The van der Waals surface area contributed by atoms with Crippen LogP contribution in [0.15, 0.2) is 6.20 Å². The Morgan fingerprint density at radius 2 is 2.33 bits per heavy atom. The number of hydrogen-bond acceptors (Lipinski definition) is 3. The van der Waals surface area contributed by atoms with E-state index in [4.69, 9.17) is 11.6 Å². The minimum Gasteiger partial charge on any atom is -0.480 e. The van der Waals surface area contributed by atoms with E-state index in [1.54, 1.807) is 17.8 Å². The van der Waals surface area contributed by atoms with Gasteiger partial charge in [0.2, 0.25) is 0 Å². The second-order valence-corrected chi connectivity index (χ2v) is 4.98. The summed E-state index contributed by atoms with van der Waals surface area (Å²) in [4.78, 5) is 11.2. The molecule has 1 aromatic rings. The van der Waals surface area contributed by atoms with Gasteiger partial charge in [-0.3, -0.25) is 9.48 Å². The second kappa shape index (κ2) is 6.20. The van der Waals surface area contributed by atoms with Crippen molar-refractivity contribution >= 4 is 17.6 Å². The van der Waals surface area contributed by atoms with Gasteiger partial charge in [-0.2, -0.15) is 5.10 Å². The Balaban J connectivity index is 2.54. The molecule has 0 saturated carbocycles. The van der Waals surface area contributed by atoms with Crippen molar-refractivity contribution in [3.8, 4) is 0 Å². The maximum absolute atomic E-state index is 11.2. The first-order valence-electron chi connectivity index (χ1n) is 6.07. The van der Waals surface area contributed by atoms with Crippen LogP contribution in [0.25, 0.3) is 0 Å². The molecule has 0 bridgehead atoms. The monoisotopic (exact) mass is 273 g/mol. The van der Waals surface area contributed by atoms with Crippen LogP contribution in [-0.4, -0.2) is 32.9 Å². The molecule has 0 spiro atoms. The van der Waals surface area contributed by atoms with Gasteiger partial charge in [-0.1, -0.05) is 18.5 Å². The van der Waals surface area contributed by atoms with Crippen molar-refractivity contribution in [3.05, 3.63) is 16.9 Å². The number of nitrogens with one attached hydrogen (secondary N) is 1. The lowest BCUT2D eigenvalue weighted by molar-refractivity contribution is -0.144. The first-order valence-corrected chi connectivity index (χ1v) is 6.45. The lowest BCUT2D eigenvalue weighted by atomic mass is 9.96. The Kier molecular flexibility index (Phi) is 5.16. The molecule has 0 amide bonds. The summed E-state index contributed by atoms with van der Waals surface area (Å²) in [5.41, 5.74) is 0.0386. The molecule has 0 aliphatic rings. The summed E-state index contributed by atoms with van der Waals surface area (Å²) in [7, 11) is 0. The molecule has 18 heavy (non-hydrogen) atoms. The van der Waals surface area contributed by atoms with Crippen molar-refractivity contribution in [2.24, 2.45) is 0 Å². The van der Waals surface area contributed by atoms with Gasteiger partial charge >= 0.3 is 5.97 Å². The Labute approximate surface area is 112 Å². The van der Waals surface area contributed by atoms with Crippen LogP contribution >= 0.6 is 11.6 Å². The molecule has 0 aliphatic heterocycles. The predicted molar refractivity (Wildman–Crippen MR) is 70.9 cm³/mol. The maximum Gasteiger partial charge on any atom is 0.323 e. The highest BCUT2D eigenvalue weighted by molar-refractivity contribution is 6.31. The Morgan fingerprint density at radius 1 is 1.67 bits per heavy atom. The summed E-state index contributed by atoms with van der Waals surface area (Å²) >= 11 is 5.91. The number of aromatic nitrogens is 2. The van der Waals surface area contributed by atoms with E-state index in [9.17, 15) is 9.90 Å². The third-order valence-corrected chi connectivity index (χ3v) is 3.50. The van der Waals surface area contributed by atoms with Crippen LogP contribution in [-0.2, 0) is 11.3 Å². The van der Waals surface area contributed by atoms with Crippen LogP contribution < -0.4 is 5.32 Å². The van der Waals surface area contributed by atoms with Crippen molar-refractivity contribution in [2.45, 2.75) is 45.7 Å². The molecule has 1 unspecified atom stereocenters. The van der Waals surface area contributed by atoms with E-state index in [2.05, 4.69) is 10.4 Å². The standard InChI is InChI=1S/C12H20ClN3O2/c1-4-14-12(3,11(17)18)6-5-7-16-9(2)10(13)8-15-16/h8,14H,4-7H2,1-3H3,(H,17,18). The highest BCUT2D eigenvalue weighted by Gasteiger charge is 2.31. The molecular formula is C12H20ClN3O2. The second-order valence-electron chi connectivity index (χ2n) is 4.57. The SMILES string of the molecule is CCNC(C)(CCCn1ncc(Cl)c1C)C(=O)O. The predicted octanol–water partition coefficient (Wildman–Crippen LogP) is 2.08. The van der Waals surface area contributed by atoms with E-state index < -0.39 is 11.5 Å². The molecule has 2 N–H and O–H groups in total. The van der Waals surface area contributed by atoms with Crippen LogP contribution in [0.1, 0.15) is 32.4 Å². The summed E-state index contributed by atoms with van der Waals surface area (Å²) in [6.07, 6.45) is 2.89. The number of aliphatic carboxylic acids is 1. The zero-order valence-corrected chi connectivity index (χ0v) is 11.8. The minimum absolute atomic E-state index is 0.549. The summed E-state index contributed by atoms with van der Waals surface area (Å²) in [6, 6.07) is 0. The van der Waals surface area contributed by atoms with Crippen molar-refractivity contribution < 1.29 is 9.90 Å². The molecule has 1 atom stereocenters. The zero-order valence-electron chi connectivity index (χ0n) is 11.0. The van der Waals surface area contributed by atoms with E-state index >= 15 is 0 Å². The number of likely N-dealkylation sites (N-methyl/N-ethyl adjacent to an activating group) is 1. The Morgan fingerprint density at radius 3 is 2.78 bits per heavy atom. The first kappa shape index (κ1) is 15.0. The van der Waals surface area contributed by atoms with Crippen molar-refractivity contribution in [3.63, 3.8) is 0 Å². The molecule has 1 heterocycles. The zero-order chi connectivity index (χ0) is 13.8. The summed E-state index contributed by atoms with van der Waals surface area (Å²) in [5.74, 6) is -0.820. The lowest BCUT2D eigenvalue weighted by Crippen LogP contribution is -2.49. The van der Waals surface area contributed by atoms with Gasteiger partial charge < -0.3 is 10.4 Å². The largest absolute Gasteiger partial charge is 0.480 e. The Hall–Kier alpha value is -1.07. The fraction of sp³-hybridized carbons (Fsp3) is 0.667. The number of halogens is 1. The fourth-order valence-corrected chi connectivity index (χ4v) is 2.03. The average molecular weight is 274 g/mol. The molecule has 0 radical (unpaired) electrons. The molecule has 0 aliphatic carbocycles. The number of carbonyl (C=O) groups is 1. The molecule has 102 valence electrons. The third-order valence-electron chi connectivity index (χ3n) is 3.13. The smallest absolute Gasteiger partial charge is 0.323 e. The van der Waals surface area contributed by atoms with Crippen LogP contribution in [0.5, 0.6) is 0 Å². The number of aryl methyl sites for hydroxylation is 1. The number of carboxylic acids is 1. The van der Waals surface area contributed by atoms with Gasteiger partial charge in [0.05, 0.1) is 16.9 Å². The van der Waals surface area contributed by atoms with Gasteiger partial charge in [0.1, 0.15) is 5.54 Å². The molecule has 0 saturated heterocycles. The molecule has 1 rings (SSSR count). The van der Waals surface area contributed by atoms with Crippen LogP contribution in [0.4, 0.5) is 0 Å². The topological polar surface area (TPSA) is 67.2 Å². The van der Waals surface area contributed by atoms with Gasteiger partial charge in [0.15, 0.2) is 0 Å². The molecular weight excluding hydrogens is 254 g/mol. The van der Waals surface area contributed by atoms with E-state index in [1.807, 2.05) is 13.8 Å². The molecule has 0 fully saturated rings. The van der Waals surface area contributed by atoms with E-state index in [-0.39, 0.29) is 0 Å².